The highest BCUT2D eigenvalue weighted by atomic mass is 16.5. The third-order valence-electron chi connectivity index (χ3n) is 6.16. The van der Waals surface area contributed by atoms with Gasteiger partial charge in [-0.05, 0) is 67.2 Å². The van der Waals surface area contributed by atoms with Gasteiger partial charge in [0.15, 0.2) is 0 Å². The Morgan fingerprint density at radius 2 is 1.91 bits per heavy atom. The number of anilines is 1. The summed E-state index contributed by atoms with van der Waals surface area (Å²) in [5, 5.41) is 13.3. The molecule has 2 aromatic carbocycles. The number of hydrogen-bond acceptors (Lipinski definition) is 4. The van der Waals surface area contributed by atoms with Crippen molar-refractivity contribution in [2.24, 2.45) is 0 Å². The molecule has 168 valence electrons. The average Bonchev–Trinajstić information content (AvgIpc) is 2.80. The van der Waals surface area contributed by atoms with E-state index in [0.717, 1.165) is 59.8 Å². The van der Waals surface area contributed by atoms with Crippen molar-refractivity contribution in [3.8, 4) is 11.8 Å². The molecule has 3 aliphatic heterocycles. The van der Waals surface area contributed by atoms with Gasteiger partial charge in [0.2, 0.25) is 0 Å². The lowest BCUT2D eigenvalue weighted by molar-refractivity contribution is 0.273. The van der Waals surface area contributed by atoms with Gasteiger partial charge in [0.25, 0.3) is 0 Å². The quantitative estimate of drug-likeness (QED) is 0.537. The van der Waals surface area contributed by atoms with Crippen LogP contribution in [0.2, 0.25) is 0 Å². The Bertz CT molecular complexity index is 1030. The van der Waals surface area contributed by atoms with Crippen molar-refractivity contribution in [2.75, 3.05) is 18.5 Å². The summed E-state index contributed by atoms with van der Waals surface area (Å²) in [6.45, 7) is 13.7. The number of nitrogens with zero attached hydrogens (tertiary/aromatic N) is 1. The van der Waals surface area contributed by atoms with Crippen molar-refractivity contribution in [3.63, 3.8) is 0 Å². The number of allylic oxidation sites excluding steroid dienone is 2. The smallest absolute Gasteiger partial charge is 0.140 e. The molecule has 0 saturated carbocycles. The number of nitrogens with one attached hydrogen (secondary N) is 1. The van der Waals surface area contributed by atoms with Crippen LogP contribution in [-0.4, -0.2) is 13.2 Å². The molecule has 4 heteroatoms. The van der Waals surface area contributed by atoms with E-state index in [1.54, 1.807) is 0 Å². The van der Waals surface area contributed by atoms with E-state index >= 15 is 0 Å². The monoisotopic (exact) mass is 430 g/mol. The number of rotatable bonds is 1. The summed E-state index contributed by atoms with van der Waals surface area (Å²) in [5.41, 5.74) is 4.79. The minimum atomic E-state index is -0.245. The first-order chi connectivity index (χ1) is 15.4. The normalized spacial score (nSPS) is 18.0. The molecule has 2 aromatic rings. The Hall–Kier alpha value is -3.19. The van der Waals surface area contributed by atoms with Crippen LogP contribution < -0.4 is 10.1 Å². The van der Waals surface area contributed by atoms with Crippen molar-refractivity contribution in [1.29, 1.82) is 5.26 Å². The highest BCUT2D eigenvalue weighted by molar-refractivity contribution is 5.55. The maximum atomic E-state index is 9.86. The van der Waals surface area contributed by atoms with Crippen molar-refractivity contribution >= 4 is 5.69 Å². The van der Waals surface area contributed by atoms with Crippen LogP contribution in [-0.2, 0) is 16.6 Å². The summed E-state index contributed by atoms with van der Waals surface area (Å²) >= 11 is 0. The van der Waals surface area contributed by atoms with Crippen molar-refractivity contribution < 1.29 is 9.47 Å². The summed E-state index contributed by atoms with van der Waals surface area (Å²) < 4.78 is 12.1. The predicted octanol–water partition coefficient (Wildman–Crippen LogP) is 6.86. The molecule has 0 aliphatic carbocycles. The molecule has 0 amide bonds. The highest BCUT2D eigenvalue weighted by Gasteiger charge is 2.26. The molecule has 0 radical (unpaired) electrons. The maximum absolute atomic E-state index is 9.86. The van der Waals surface area contributed by atoms with E-state index in [1.165, 1.54) is 5.56 Å². The molecule has 0 spiro atoms. The first kappa shape index (κ1) is 23.5. The molecule has 5 rings (SSSR count). The van der Waals surface area contributed by atoms with E-state index in [-0.39, 0.29) is 5.41 Å². The van der Waals surface area contributed by atoms with Gasteiger partial charge in [0, 0.05) is 17.5 Å². The number of ether oxygens (including phenoxy) is 2. The van der Waals surface area contributed by atoms with Crippen LogP contribution in [0.5, 0.6) is 5.75 Å². The first-order valence-electron chi connectivity index (χ1n) is 11.4. The molecule has 4 nitrogen and oxygen atoms in total. The van der Waals surface area contributed by atoms with Gasteiger partial charge in [-0.1, -0.05) is 45.5 Å². The second kappa shape index (κ2) is 10.4. The Morgan fingerprint density at radius 1 is 1.16 bits per heavy atom. The second-order valence-corrected chi connectivity index (χ2v) is 8.73. The Kier molecular flexibility index (Phi) is 7.64. The molecule has 0 aromatic heterocycles. The minimum absolute atomic E-state index is 0.245. The van der Waals surface area contributed by atoms with Crippen molar-refractivity contribution in [1.82, 2.24) is 0 Å². The van der Waals surface area contributed by atoms with Crippen LogP contribution in [0, 0.1) is 11.3 Å². The SMILES string of the molecule is C=C1CCCCOc2c(C#N)cc(cc2CC)C(C)(C)c2ccc(cc2)NC/C(=C/C)O1. The third kappa shape index (κ3) is 5.34. The average molecular weight is 431 g/mol. The largest absolute Gasteiger partial charge is 0.492 e. The Labute approximate surface area is 192 Å². The van der Waals surface area contributed by atoms with Crippen LogP contribution in [0.1, 0.15) is 69.2 Å². The van der Waals surface area contributed by atoms with E-state index in [0.29, 0.717) is 18.7 Å². The molecular weight excluding hydrogens is 396 g/mol. The molecule has 0 saturated heterocycles. The van der Waals surface area contributed by atoms with Gasteiger partial charge < -0.3 is 14.8 Å². The molecule has 32 heavy (non-hydrogen) atoms. The first-order valence-corrected chi connectivity index (χ1v) is 11.4. The van der Waals surface area contributed by atoms with Crippen LogP contribution in [0.25, 0.3) is 0 Å². The molecule has 0 unspecified atom stereocenters. The number of hydrogen-bond donors (Lipinski definition) is 1. The van der Waals surface area contributed by atoms with Crippen molar-refractivity contribution in [3.05, 3.63) is 82.8 Å². The fourth-order valence-electron chi connectivity index (χ4n) is 3.96. The fraction of sp³-hybridized carbons (Fsp3) is 0.393. The predicted molar refractivity (Wildman–Crippen MR) is 131 cm³/mol. The summed E-state index contributed by atoms with van der Waals surface area (Å²) in [6.07, 6.45) is 5.34. The number of fused-ring (bicyclic) bond motifs is 2. The molecular formula is C28H34N2O2. The minimum Gasteiger partial charge on any atom is -0.492 e. The lowest BCUT2D eigenvalue weighted by Crippen LogP contribution is -2.20. The van der Waals surface area contributed by atoms with Crippen LogP contribution in [0.15, 0.2) is 60.6 Å². The third-order valence-corrected chi connectivity index (χ3v) is 6.16. The summed E-state index contributed by atoms with van der Waals surface area (Å²) in [4.78, 5) is 0. The second-order valence-electron chi connectivity index (χ2n) is 8.73. The summed E-state index contributed by atoms with van der Waals surface area (Å²) in [7, 11) is 0. The number of aryl methyl sites for hydroxylation is 1. The van der Waals surface area contributed by atoms with Crippen molar-refractivity contribution in [2.45, 2.75) is 58.8 Å². The van der Waals surface area contributed by atoms with E-state index < -0.39 is 0 Å². The molecule has 4 bridgehead atoms. The number of nitriles is 1. The van der Waals surface area contributed by atoms with Gasteiger partial charge in [-0.25, -0.2) is 0 Å². The summed E-state index contributed by atoms with van der Waals surface area (Å²) in [5.74, 6) is 2.34. The van der Waals surface area contributed by atoms with Gasteiger partial charge in [0.1, 0.15) is 17.6 Å². The molecule has 3 heterocycles. The zero-order valence-corrected chi connectivity index (χ0v) is 19.8. The maximum Gasteiger partial charge on any atom is 0.140 e. The fourth-order valence-corrected chi connectivity index (χ4v) is 3.96. The lowest BCUT2D eigenvalue weighted by Gasteiger charge is -2.28. The topological polar surface area (TPSA) is 54.3 Å². The van der Waals surface area contributed by atoms with Crippen LogP contribution >= 0.6 is 0 Å². The molecule has 3 aliphatic rings. The van der Waals surface area contributed by atoms with Gasteiger partial charge in [0.05, 0.1) is 24.5 Å². The number of benzene rings is 2. The zero-order chi connectivity index (χ0) is 23.1. The standard InChI is InChI=1S/C28H34N2O2/c1-6-21-16-24-17-22(18-29)27(21)31-15-9-8-10-20(3)32-26(7-2)19-30-25-13-11-23(12-14-25)28(24,4)5/h7,11-14,16-17,30H,3,6,8-10,15,19H2,1-2,4-5H3/b26-7-. The van der Waals surface area contributed by atoms with E-state index in [4.69, 9.17) is 9.47 Å². The molecule has 1 N–H and O–H groups in total. The zero-order valence-electron chi connectivity index (χ0n) is 19.8. The van der Waals surface area contributed by atoms with Gasteiger partial charge in [-0.2, -0.15) is 5.26 Å². The Morgan fingerprint density at radius 3 is 2.56 bits per heavy atom. The van der Waals surface area contributed by atoms with Gasteiger partial charge in [-0.15, -0.1) is 0 Å². The van der Waals surface area contributed by atoms with E-state index in [2.05, 4.69) is 69.1 Å². The summed E-state index contributed by atoms with van der Waals surface area (Å²) in [6, 6.07) is 15.0. The Balaban J connectivity index is 2.01. The van der Waals surface area contributed by atoms with Crippen LogP contribution in [0.3, 0.4) is 0 Å². The van der Waals surface area contributed by atoms with E-state index in [1.807, 2.05) is 19.1 Å². The molecule has 0 atom stereocenters. The van der Waals surface area contributed by atoms with Gasteiger partial charge in [-0.3, -0.25) is 0 Å². The van der Waals surface area contributed by atoms with E-state index in [9.17, 15) is 5.26 Å². The lowest BCUT2D eigenvalue weighted by atomic mass is 9.77. The molecule has 0 fully saturated rings. The van der Waals surface area contributed by atoms with Gasteiger partial charge >= 0.3 is 0 Å². The highest BCUT2D eigenvalue weighted by Crippen LogP contribution is 2.37. The van der Waals surface area contributed by atoms with Crippen LogP contribution in [0.4, 0.5) is 5.69 Å².